The molecule has 0 spiro atoms. The normalized spacial score (nSPS) is 14.9. The SMILES string of the molecule is CCC(C)C(C)NS(=O)(=O)c1cc(N)ccc1OC. The zero-order chi connectivity index (χ0) is 14.6. The summed E-state index contributed by atoms with van der Waals surface area (Å²) in [4.78, 5) is 0.0742. The predicted molar refractivity (Wildman–Crippen MR) is 76.6 cm³/mol. The van der Waals surface area contributed by atoms with E-state index in [1.165, 1.54) is 13.2 Å². The van der Waals surface area contributed by atoms with Crippen LogP contribution in [0.2, 0.25) is 0 Å². The number of hydrogen-bond donors (Lipinski definition) is 2. The predicted octanol–water partition coefficient (Wildman–Crippen LogP) is 1.99. The van der Waals surface area contributed by atoms with Crippen molar-refractivity contribution in [3.8, 4) is 5.75 Å². The van der Waals surface area contributed by atoms with Crippen molar-refractivity contribution in [2.45, 2.75) is 38.1 Å². The Labute approximate surface area is 115 Å². The lowest BCUT2D eigenvalue weighted by atomic mass is 10.0. The zero-order valence-corrected chi connectivity index (χ0v) is 12.6. The lowest BCUT2D eigenvalue weighted by Crippen LogP contribution is -2.37. The zero-order valence-electron chi connectivity index (χ0n) is 11.8. The topological polar surface area (TPSA) is 81.4 Å². The van der Waals surface area contributed by atoms with E-state index in [0.29, 0.717) is 5.69 Å². The molecular weight excluding hydrogens is 264 g/mol. The highest BCUT2D eigenvalue weighted by atomic mass is 32.2. The second kappa shape index (κ2) is 6.25. The van der Waals surface area contributed by atoms with Gasteiger partial charge in [0.1, 0.15) is 10.6 Å². The van der Waals surface area contributed by atoms with Crippen molar-refractivity contribution >= 4 is 15.7 Å². The summed E-state index contributed by atoms with van der Waals surface area (Å²) in [7, 11) is -2.20. The molecule has 0 aliphatic carbocycles. The number of hydrogen-bond acceptors (Lipinski definition) is 4. The van der Waals surface area contributed by atoms with Gasteiger partial charge in [0, 0.05) is 11.7 Å². The Kier molecular flexibility index (Phi) is 5.20. The van der Waals surface area contributed by atoms with Gasteiger partial charge in [-0.1, -0.05) is 20.3 Å². The van der Waals surface area contributed by atoms with E-state index in [4.69, 9.17) is 10.5 Å². The Morgan fingerprint density at radius 1 is 1.37 bits per heavy atom. The first-order valence-electron chi connectivity index (χ1n) is 6.27. The second-order valence-electron chi connectivity index (χ2n) is 4.71. The quantitative estimate of drug-likeness (QED) is 0.784. The van der Waals surface area contributed by atoms with Crippen LogP contribution in [0.4, 0.5) is 5.69 Å². The van der Waals surface area contributed by atoms with Crippen LogP contribution in [0.5, 0.6) is 5.75 Å². The summed E-state index contributed by atoms with van der Waals surface area (Å²) in [6, 6.07) is 4.42. The summed E-state index contributed by atoms with van der Waals surface area (Å²) < 4.78 is 32.4. The summed E-state index contributed by atoms with van der Waals surface area (Å²) in [5, 5.41) is 0. The molecule has 0 saturated heterocycles. The fourth-order valence-electron chi connectivity index (χ4n) is 1.68. The number of methoxy groups -OCH3 is 1. The molecule has 0 radical (unpaired) electrons. The lowest BCUT2D eigenvalue weighted by molar-refractivity contribution is 0.400. The minimum atomic E-state index is -3.63. The Hall–Kier alpha value is -1.27. The maximum absolute atomic E-state index is 12.3. The summed E-state index contributed by atoms with van der Waals surface area (Å²) in [6.45, 7) is 5.88. The molecule has 1 aromatic carbocycles. The fraction of sp³-hybridized carbons (Fsp3) is 0.538. The van der Waals surface area contributed by atoms with Crippen molar-refractivity contribution in [3.63, 3.8) is 0 Å². The van der Waals surface area contributed by atoms with Crippen molar-refractivity contribution in [3.05, 3.63) is 18.2 Å². The Morgan fingerprint density at radius 2 is 2.00 bits per heavy atom. The van der Waals surface area contributed by atoms with Crippen molar-refractivity contribution in [1.82, 2.24) is 4.72 Å². The average molecular weight is 286 g/mol. The smallest absolute Gasteiger partial charge is 0.244 e. The third-order valence-corrected chi connectivity index (χ3v) is 4.90. The number of ether oxygens (including phenoxy) is 1. The molecule has 1 rings (SSSR count). The molecule has 0 aromatic heterocycles. The van der Waals surface area contributed by atoms with Crippen LogP contribution in [0, 0.1) is 5.92 Å². The number of anilines is 1. The maximum atomic E-state index is 12.3. The molecule has 1 aromatic rings. The van der Waals surface area contributed by atoms with Gasteiger partial charge in [0.05, 0.1) is 7.11 Å². The molecule has 0 aliphatic rings. The first-order chi connectivity index (χ1) is 8.81. The highest BCUT2D eigenvalue weighted by molar-refractivity contribution is 7.89. The molecule has 0 heterocycles. The molecular formula is C13H22N2O3S. The van der Waals surface area contributed by atoms with E-state index in [-0.39, 0.29) is 22.6 Å². The van der Waals surface area contributed by atoms with Gasteiger partial charge < -0.3 is 10.5 Å². The van der Waals surface area contributed by atoms with Crippen LogP contribution in [-0.2, 0) is 10.0 Å². The molecule has 19 heavy (non-hydrogen) atoms. The van der Waals surface area contributed by atoms with E-state index in [1.54, 1.807) is 12.1 Å². The van der Waals surface area contributed by atoms with Crippen molar-refractivity contribution in [2.24, 2.45) is 5.92 Å². The number of nitrogens with two attached hydrogens (primary N) is 1. The highest BCUT2D eigenvalue weighted by Gasteiger charge is 2.23. The van der Waals surface area contributed by atoms with Crippen LogP contribution in [0.1, 0.15) is 27.2 Å². The Bertz CT molecular complexity index is 529. The summed E-state index contributed by atoms with van der Waals surface area (Å²) in [6.07, 6.45) is 0.901. The van der Waals surface area contributed by atoms with Crippen molar-refractivity contribution in [2.75, 3.05) is 12.8 Å². The fourth-order valence-corrected chi connectivity index (χ4v) is 3.24. The van der Waals surface area contributed by atoms with E-state index < -0.39 is 10.0 Å². The van der Waals surface area contributed by atoms with Gasteiger partial charge in [-0.15, -0.1) is 0 Å². The standard InChI is InChI=1S/C13H22N2O3S/c1-5-9(2)10(3)15-19(16,17)13-8-11(14)6-7-12(13)18-4/h6-10,15H,5,14H2,1-4H3. The van der Waals surface area contributed by atoms with E-state index in [0.717, 1.165) is 6.42 Å². The third kappa shape index (κ3) is 3.84. The molecule has 2 unspecified atom stereocenters. The van der Waals surface area contributed by atoms with Gasteiger partial charge in [0.15, 0.2) is 0 Å². The summed E-state index contributed by atoms with van der Waals surface area (Å²) in [5.41, 5.74) is 6.03. The summed E-state index contributed by atoms with van der Waals surface area (Å²) in [5.74, 6) is 0.542. The lowest BCUT2D eigenvalue weighted by Gasteiger charge is -2.20. The molecule has 3 N–H and O–H groups in total. The number of sulfonamides is 1. The number of rotatable bonds is 6. The van der Waals surface area contributed by atoms with Crippen molar-refractivity contribution < 1.29 is 13.2 Å². The maximum Gasteiger partial charge on any atom is 0.244 e. The van der Waals surface area contributed by atoms with Crippen molar-refractivity contribution in [1.29, 1.82) is 0 Å². The monoisotopic (exact) mass is 286 g/mol. The van der Waals surface area contributed by atoms with Crippen LogP contribution >= 0.6 is 0 Å². The van der Waals surface area contributed by atoms with E-state index in [9.17, 15) is 8.42 Å². The third-order valence-electron chi connectivity index (χ3n) is 3.32. The molecule has 0 amide bonds. The van der Waals surface area contributed by atoms with E-state index in [2.05, 4.69) is 4.72 Å². The molecule has 108 valence electrons. The first kappa shape index (κ1) is 15.8. The van der Waals surface area contributed by atoms with Crippen LogP contribution in [0.25, 0.3) is 0 Å². The molecule has 0 bridgehead atoms. The number of nitrogen functional groups attached to an aromatic ring is 1. The molecule has 0 fully saturated rings. The van der Waals surface area contributed by atoms with Crippen LogP contribution < -0.4 is 15.2 Å². The first-order valence-corrected chi connectivity index (χ1v) is 7.76. The highest BCUT2D eigenvalue weighted by Crippen LogP contribution is 2.26. The van der Waals surface area contributed by atoms with Gasteiger partial charge in [0.25, 0.3) is 0 Å². The number of nitrogens with one attached hydrogen (secondary N) is 1. The van der Waals surface area contributed by atoms with E-state index >= 15 is 0 Å². The second-order valence-corrected chi connectivity index (χ2v) is 6.39. The van der Waals surface area contributed by atoms with Gasteiger partial charge in [-0.05, 0) is 31.0 Å². The molecule has 0 aliphatic heterocycles. The van der Waals surface area contributed by atoms with Gasteiger partial charge in [-0.2, -0.15) is 0 Å². The van der Waals surface area contributed by atoms with Crippen LogP contribution in [0.15, 0.2) is 23.1 Å². The minimum Gasteiger partial charge on any atom is -0.495 e. The summed E-state index contributed by atoms with van der Waals surface area (Å²) >= 11 is 0. The molecule has 5 nitrogen and oxygen atoms in total. The molecule has 0 saturated carbocycles. The van der Waals surface area contributed by atoms with E-state index in [1.807, 2.05) is 20.8 Å². The average Bonchev–Trinajstić information content (AvgIpc) is 2.37. The largest absolute Gasteiger partial charge is 0.495 e. The van der Waals surface area contributed by atoms with Gasteiger partial charge in [0.2, 0.25) is 10.0 Å². The van der Waals surface area contributed by atoms with Gasteiger partial charge in [-0.3, -0.25) is 0 Å². The van der Waals surface area contributed by atoms with Crippen LogP contribution in [-0.4, -0.2) is 21.6 Å². The Balaban J connectivity index is 3.10. The Morgan fingerprint density at radius 3 is 2.53 bits per heavy atom. The molecule has 2 atom stereocenters. The minimum absolute atomic E-state index is 0.0742. The van der Waals surface area contributed by atoms with Gasteiger partial charge >= 0.3 is 0 Å². The van der Waals surface area contributed by atoms with Gasteiger partial charge in [-0.25, -0.2) is 13.1 Å². The molecule has 6 heteroatoms. The number of benzene rings is 1. The van der Waals surface area contributed by atoms with Crippen LogP contribution in [0.3, 0.4) is 0 Å².